The summed E-state index contributed by atoms with van der Waals surface area (Å²) in [5.74, 6) is 1.34. The molecule has 1 unspecified atom stereocenters. The van der Waals surface area contributed by atoms with Crippen LogP contribution in [0.2, 0.25) is 0 Å². The van der Waals surface area contributed by atoms with Gasteiger partial charge in [-0.15, -0.1) is 0 Å². The Kier molecular flexibility index (Phi) is 4.05. The Balaban J connectivity index is 1.74. The van der Waals surface area contributed by atoms with Gasteiger partial charge < -0.3 is 9.64 Å². The molecule has 25 heavy (non-hydrogen) atoms. The van der Waals surface area contributed by atoms with E-state index >= 15 is 0 Å². The second-order valence-electron chi connectivity index (χ2n) is 6.03. The molecular weight excluding hydrogens is 316 g/mol. The topological polar surface area (TPSA) is 69.0 Å². The van der Waals surface area contributed by atoms with Gasteiger partial charge in [0.2, 0.25) is 5.95 Å². The molecule has 0 bridgehead atoms. The summed E-state index contributed by atoms with van der Waals surface area (Å²) < 4.78 is 7.24. The van der Waals surface area contributed by atoms with E-state index in [1.165, 1.54) is 0 Å². The maximum atomic E-state index is 5.46. The lowest BCUT2D eigenvalue weighted by Gasteiger charge is -2.24. The largest absolute Gasteiger partial charge is 0.493 e. The van der Waals surface area contributed by atoms with E-state index in [-0.39, 0.29) is 6.04 Å². The summed E-state index contributed by atoms with van der Waals surface area (Å²) in [6.45, 7) is 0.915. The summed E-state index contributed by atoms with van der Waals surface area (Å²) in [4.78, 5) is 16.1. The molecule has 1 saturated heterocycles. The van der Waals surface area contributed by atoms with Crippen LogP contribution in [-0.4, -0.2) is 38.4 Å². The van der Waals surface area contributed by atoms with Gasteiger partial charge in [-0.1, -0.05) is 6.07 Å². The Morgan fingerprint density at radius 3 is 2.80 bits per heavy atom. The van der Waals surface area contributed by atoms with Crippen molar-refractivity contribution in [1.82, 2.24) is 24.7 Å². The van der Waals surface area contributed by atoms with Gasteiger partial charge in [-0.05, 0) is 31.0 Å². The average Bonchev–Trinajstić information content (AvgIpc) is 3.31. The van der Waals surface area contributed by atoms with Crippen LogP contribution in [0.1, 0.15) is 24.6 Å². The van der Waals surface area contributed by atoms with E-state index in [1.807, 2.05) is 31.4 Å². The normalized spacial score (nSPS) is 17.0. The van der Waals surface area contributed by atoms with Crippen LogP contribution in [0.15, 0.2) is 42.9 Å². The highest BCUT2D eigenvalue weighted by molar-refractivity contribution is 5.64. The van der Waals surface area contributed by atoms with Crippen LogP contribution < -0.4 is 9.64 Å². The molecule has 0 amide bonds. The minimum atomic E-state index is 0.203. The van der Waals surface area contributed by atoms with Gasteiger partial charge in [-0.25, -0.2) is 9.97 Å². The first kappa shape index (κ1) is 15.6. The first-order chi connectivity index (χ1) is 12.3. The number of anilines is 1. The molecular formula is C18H20N6O. The maximum absolute atomic E-state index is 5.46. The molecule has 4 heterocycles. The molecule has 7 nitrogen and oxygen atoms in total. The van der Waals surface area contributed by atoms with Crippen molar-refractivity contribution in [2.24, 2.45) is 7.05 Å². The first-order valence-electron chi connectivity index (χ1n) is 8.35. The first-order valence-corrected chi connectivity index (χ1v) is 8.35. The molecule has 4 rings (SSSR count). The SMILES string of the molecule is COc1cnc(N2CCCC2c2ccccn2)nc1-c1ccnn1C. The highest BCUT2D eigenvalue weighted by Crippen LogP contribution is 2.35. The van der Waals surface area contributed by atoms with Gasteiger partial charge in [-0.2, -0.15) is 5.10 Å². The van der Waals surface area contributed by atoms with Gasteiger partial charge in [0.15, 0.2) is 5.75 Å². The lowest BCUT2D eigenvalue weighted by atomic mass is 10.1. The van der Waals surface area contributed by atoms with E-state index in [0.717, 1.165) is 36.5 Å². The molecule has 1 fully saturated rings. The number of nitrogens with zero attached hydrogens (tertiary/aromatic N) is 6. The van der Waals surface area contributed by atoms with E-state index in [9.17, 15) is 0 Å². The lowest BCUT2D eigenvalue weighted by Crippen LogP contribution is -2.25. The number of hydrogen-bond donors (Lipinski definition) is 0. The number of aryl methyl sites for hydroxylation is 1. The van der Waals surface area contributed by atoms with E-state index in [0.29, 0.717) is 11.7 Å². The van der Waals surface area contributed by atoms with Crippen molar-refractivity contribution in [3.8, 4) is 17.1 Å². The van der Waals surface area contributed by atoms with Crippen LogP contribution in [0.4, 0.5) is 5.95 Å². The Hall–Kier alpha value is -2.96. The highest BCUT2D eigenvalue weighted by Gasteiger charge is 2.29. The summed E-state index contributed by atoms with van der Waals surface area (Å²) in [7, 11) is 3.52. The Morgan fingerprint density at radius 2 is 2.08 bits per heavy atom. The lowest BCUT2D eigenvalue weighted by molar-refractivity contribution is 0.412. The molecule has 1 aliphatic rings. The van der Waals surface area contributed by atoms with E-state index in [4.69, 9.17) is 9.72 Å². The third-order valence-electron chi connectivity index (χ3n) is 4.56. The van der Waals surface area contributed by atoms with Crippen LogP contribution in [-0.2, 0) is 7.05 Å². The molecule has 0 saturated carbocycles. The fraction of sp³-hybridized carbons (Fsp3) is 0.333. The van der Waals surface area contributed by atoms with Crippen LogP contribution in [0.25, 0.3) is 11.4 Å². The van der Waals surface area contributed by atoms with Crippen molar-refractivity contribution in [2.45, 2.75) is 18.9 Å². The van der Waals surface area contributed by atoms with Crippen molar-refractivity contribution in [1.29, 1.82) is 0 Å². The molecule has 0 aliphatic carbocycles. The monoisotopic (exact) mass is 336 g/mol. The third kappa shape index (κ3) is 2.82. The van der Waals surface area contributed by atoms with Crippen LogP contribution in [0, 0.1) is 0 Å². The predicted molar refractivity (Wildman–Crippen MR) is 94.3 cm³/mol. The molecule has 3 aromatic rings. The van der Waals surface area contributed by atoms with Crippen molar-refractivity contribution in [3.05, 3.63) is 48.5 Å². The van der Waals surface area contributed by atoms with Crippen molar-refractivity contribution in [2.75, 3.05) is 18.6 Å². The van der Waals surface area contributed by atoms with Crippen LogP contribution in [0.3, 0.4) is 0 Å². The third-order valence-corrected chi connectivity index (χ3v) is 4.56. The zero-order valence-corrected chi connectivity index (χ0v) is 14.3. The molecule has 0 spiro atoms. The van der Waals surface area contributed by atoms with E-state index in [1.54, 1.807) is 24.2 Å². The van der Waals surface area contributed by atoms with Gasteiger partial charge in [-0.3, -0.25) is 9.67 Å². The molecule has 1 atom stereocenters. The number of methoxy groups -OCH3 is 1. The molecule has 0 N–H and O–H groups in total. The number of hydrogen-bond acceptors (Lipinski definition) is 6. The minimum Gasteiger partial charge on any atom is -0.493 e. The number of aromatic nitrogens is 5. The van der Waals surface area contributed by atoms with Gasteiger partial charge in [0.25, 0.3) is 0 Å². The molecule has 3 aromatic heterocycles. The van der Waals surface area contributed by atoms with Gasteiger partial charge in [0.1, 0.15) is 5.69 Å². The summed E-state index contributed by atoms with van der Waals surface area (Å²) >= 11 is 0. The molecule has 7 heteroatoms. The minimum absolute atomic E-state index is 0.203. The predicted octanol–water partition coefficient (Wildman–Crippen LogP) is 2.62. The Morgan fingerprint density at radius 1 is 1.16 bits per heavy atom. The quantitative estimate of drug-likeness (QED) is 0.729. The Labute approximate surface area is 146 Å². The zero-order valence-electron chi connectivity index (χ0n) is 14.3. The van der Waals surface area contributed by atoms with Crippen molar-refractivity contribution >= 4 is 5.95 Å². The Bertz CT molecular complexity index is 863. The summed E-state index contributed by atoms with van der Waals surface area (Å²) in [6, 6.07) is 8.15. The van der Waals surface area contributed by atoms with Crippen LogP contribution >= 0.6 is 0 Å². The number of ether oxygens (including phenoxy) is 1. The van der Waals surface area contributed by atoms with E-state index < -0.39 is 0 Å². The zero-order chi connectivity index (χ0) is 17.2. The van der Waals surface area contributed by atoms with Gasteiger partial charge in [0, 0.05) is 26.0 Å². The molecule has 1 aliphatic heterocycles. The fourth-order valence-electron chi connectivity index (χ4n) is 3.33. The molecule has 0 aromatic carbocycles. The highest BCUT2D eigenvalue weighted by atomic mass is 16.5. The second kappa shape index (κ2) is 6.51. The standard InChI is InChI=1S/C18H20N6O/c1-23-15(8-10-21-23)17-16(25-2)12-20-18(22-17)24-11-5-7-14(24)13-6-3-4-9-19-13/h3-4,6,8-10,12,14H,5,7,11H2,1-2H3. The number of pyridine rings is 1. The van der Waals surface area contributed by atoms with Crippen molar-refractivity contribution < 1.29 is 4.74 Å². The summed E-state index contributed by atoms with van der Waals surface area (Å²) in [5, 5.41) is 4.24. The average molecular weight is 336 g/mol. The van der Waals surface area contributed by atoms with Gasteiger partial charge >= 0.3 is 0 Å². The molecule has 128 valence electrons. The molecule has 0 radical (unpaired) electrons. The summed E-state index contributed by atoms with van der Waals surface area (Å²) in [5.41, 5.74) is 2.70. The second-order valence-corrected chi connectivity index (χ2v) is 6.03. The fourth-order valence-corrected chi connectivity index (χ4v) is 3.33. The summed E-state index contributed by atoms with van der Waals surface area (Å²) in [6.07, 6.45) is 7.47. The van der Waals surface area contributed by atoms with E-state index in [2.05, 4.69) is 26.0 Å². The van der Waals surface area contributed by atoms with Gasteiger partial charge in [0.05, 0.1) is 30.7 Å². The van der Waals surface area contributed by atoms with Crippen molar-refractivity contribution in [3.63, 3.8) is 0 Å². The number of rotatable bonds is 4. The van der Waals surface area contributed by atoms with Crippen LogP contribution in [0.5, 0.6) is 5.75 Å². The maximum Gasteiger partial charge on any atom is 0.226 e. The smallest absolute Gasteiger partial charge is 0.226 e.